The highest BCUT2D eigenvalue weighted by Gasteiger charge is 2.37. The average Bonchev–Trinajstić information content (AvgIpc) is 2.79. The first-order valence-corrected chi connectivity index (χ1v) is 10.2. The van der Waals surface area contributed by atoms with Crippen molar-refractivity contribution in [3.63, 3.8) is 0 Å². The predicted octanol–water partition coefficient (Wildman–Crippen LogP) is 4.00. The maximum Gasteiger partial charge on any atom is 0.410 e. The minimum Gasteiger partial charge on any atom is -0.489 e. The van der Waals surface area contributed by atoms with Crippen molar-refractivity contribution in [1.29, 1.82) is 5.26 Å². The molecule has 0 saturated carbocycles. The van der Waals surface area contributed by atoms with Gasteiger partial charge in [-0.05, 0) is 41.7 Å². The fourth-order valence-corrected chi connectivity index (χ4v) is 3.49. The molecule has 0 spiro atoms. The summed E-state index contributed by atoms with van der Waals surface area (Å²) in [6, 6.07) is 14.0. The third-order valence-corrected chi connectivity index (χ3v) is 5.07. The molecule has 1 unspecified atom stereocenters. The zero-order valence-electron chi connectivity index (χ0n) is 18.0. The smallest absolute Gasteiger partial charge is 0.410 e. The Morgan fingerprint density at radius 1 is 1.23 bits per heavy atom. The number of rotatable bonds is 6. The summed E-state index contributed by atoms with van der Waals surface area (Å²) in [5.41, 5.74) is 2.98. The van der Waals surface area contributed by atoms with Crippen LogP contribution in [0.5, 0.6) is 5.75 Å². The fourth-order valence-electron chi connectivity index (χ4n) is 3.49. The summed E-state index contributed by atoms with van der Waals surface area (Å²) >= 11 is 0. The standard InChI is InChI=1S/C24H26N2O5/c1-16(2)14-31-24(28)26-11-10-17-12-20(8-9-21(17)22(26)23(27)29-3)30-15-19-7-5-4-6-18(19)13-25/h4-9,12,16,22H,10-11,14-15H2,1-3H3. The summed E-state index contributed by atoms with van der Waals surface area (Å²) in [6.07, 6.45) is 0.0363. The minimum absolute atomic E-state index is 0.198. The number of fused-ring (bicyclic) bond motifs is 1. The molecule has 7 heteroatoms. The number of esters is 1. The van der Waals surface area contributed by atoms with Crippen LogP contribution in [0.1, 0.15) is 42.1 Å². The molecule has 1 aliphatic heterocycles. The molecule has 31 heavy (non-hydrogen) atoms. The van der Waals surface area contributed by atoms with Crippen molar-refractivity contribution in [1.82, 2.24) is 4.90 Å². The van der Waals surface area contributed by atoms with Crippen LogP contribution in [0.3, 0.4) is 0 Å². The van der Waals surface area contributed by atoms with Gasteiger partial charge in [-0.3, -0.25) is 4.90 Å². The summed E-state index contributed by atoms with van der Waals surface area (Å²) in [5.74, 6) is 0.313. The van der Waals surface area contributed by atoms with Crippen LogP contribution in [0.4, 0.5) is 4.79 Å². The van der Waals surface area contributed by atoms with Gasteiger partial charge in [-0.1, -0.05) is 38.1 Å². The van der Waals surface area contributed by atoms with Crippen molar-refractivity contribution in [3.8, 4) is 11.8 Å². The fraction of sp³-hybridized carbons (Fsp3) is 0.375. The zero-order chi connectivity index (χ0) is 22.4. The number of nitrogens with zero attached hydrogens (tertiary/aromatic N) is 2. The van der Waals surface area contributed by atoms with E-state index in [2.05, 4.69) is 6.07 Å². The summed E-state index contributed by atoms with van der Waals surface area (Å²) < 4.78 is 16.2. The molecule has 0 fully saturated rings. The topological polar surface area (TPSA) is 88.9 Å². The van der Waals surface area contributed by atoms with Gasteiger partial charge in [0.1, 0.15) is 12.4 Å². The lowest BCUT2D eigenvalue weighted by atomic mass is 9.92. The molecule has 1 amide bonds. The number of nitriles is 1. The van der Waals surface area contributed by atoms with Gasteiger partial charge in [0.15, 0.2) is 6.04 Å². The molecular formula is C24H26N2O5. The molecule has 3 rings (SSSR count). The van der Waals surface area contributed by atoms with Crippen LogP contribution in [0.25, 0.3) is 0 Å². The van der Waals surface area contributed by atoms with Gasteiger partial charge in [0.2, 0.25) is 0 Å². The molecule has 0 bridgehead atoms. The van der Waals surface area contributed by atoms with Crippen LogP contribution in [0.2, 0.25) is 0 Å². The third-order valence-electron chi connectivity index (χ3n) is 5.07. The summed E-state index contributed by atoms with van der Waals surface area (Å²) in [7, 11) is 1.30. The number of benzene rings is 2. The molecule has 0 aromatic heterocycles. The Hall–Kier alpha value is -3.53. The largest absolute Gasteiger partial charge is 0.489 e. The van der Waals surface area contributed by atoms with Crippen molar-refractivity contribution in [2.75, 3.05) is 20.3 Å². The van der Waals surface area contributed by atoms with Crippen LogP contribution >= 0.6 is 0 Å². The molecule has 0 aliphatic carbocycles. The maximum absolute atomic E-state index is 12.6. The Balaban J connectivity index is 1.80. The highest BCUT2D eigenvalue weighted by molar-refractivity contribution is 5.84. The lowest BCUT2D eigenvalue weighted by Gasteiger charge is -2.35. The van der Waals surface area contributed by atoms with Crippen LogP contribution in [0, 0.1) is 17.2 Å². The summed E-state index contributed by atoms with van der Waals surface area (Å²) in [5, 5.41) is 9.22. The van der Waals surface area contributed by atoms with Crippen LogP contribution in [-0.4, -0.2) is 37.2 Å². The van der Waals surface area contributed by atoms with Crippen LogP contribution < -0.4 is 4.74 Å². The monoisotopic (exact) mass is 422 g/mol. The first-order valence-electron chi connectivity index (χ1n) is 10.2. The Morgan fingerprint density at radius 3 is 2.71 bits per heavy atom. The van der Waals surface area contributed by atoms with Crippen LogP contribution in [-0.2, 0) is 27.3 Å². The molecule has 2 aromatic carbocycles. The van der Waals surface area contributed by atoms with Crippen LogP contribution in [0.15, 0.2) is 42.5 Å². The third kappa shape index (κ3) is 5.15. The van der Waals surface area contributed by atoms with Crippen molar-refractivity contribution < 1.29 is 23.8 Å². The normalized spacial score (nSPS) is 15.1. The second kappa shape index (κ2) is 9.98. The second-order valence-electron chi connectivity index (χ2n) is 7.76. The first-order chi connectivity index (χ1) is 14.9. The van der Waals surface area contributed by atoms with Crippen molar-refractivity contribution >= 4 is 12.1 Å². The molecule has 162 valence electrons. The zero-order valence-corrected chi connectivity index (χ0v) is 18.0. The van der Waals surface area contributed by atoms with Gasteiger partial charge in [0.05, 0.1) is 25.3 Å². The van der Waals surface area contributed by atoms with Crippen molar-refractivity contribution in [2.24, 2.45) is 5.92 Å². The number of hydrogen-bond acceptors (Lipinski definition) is 6. The quantitative estimate of drug-likeness (QED) is 0.654. The van der Waals surface area contributed by atoms with Gasteiger partial charge >= 0.3 is 12.1 Å². The molecule has 1 heterocycles. The summed E-state index contributed by atoms with van der Waals surface area (Å²) in [6.45, 7) is 4.79. The number of ether oxygens (including phenoxy) is 3. The van der Waals surface area contributed by atoms with E-state index in [1.165, 1.54) is 12.0 Å². The van der Waals surface area contributed by atoms with E-state index in [1.807, 2.05) is 38.1 Å². The summed E-state index contributed by atoms with van der Waals surface area (Å²) in [4.78, 5) is 26.5. The molecule has 1 aliphatic rings. The highest BCUT2D eigenvalue weighted by atomic mass is 16.6. The van der Waals surface area contributed by atoms with E-state index in [9.17, 15) is 14.9 Å². The van der Waals surface area contributed by atoms with E-state index in [0.717, 1.165) is 11.1 Å². The lowest BCUT2D eigenvalue weighted by molar-refractivity contribution is -0.147. The second-order valence-corrected chi connectivity index (χ2v) is 7.76. The maximum atomic E-state index is 12.6. The van der Waals surface area contributed by atoms with Gasteiger partial charge in [-0.25, -0.2) is 9.59 Å². The van der Waals surface area contributed by atoms with E-state index in [4.69, 9.17) is 14.2 Å². The SMILES string of the molecule is COC(=O)C1c2ccc(OCc3ccccc3C#N)cc2CCN1C(=O)OCC(C)C. The van der Waals surface area contributed by atoms with E-state index in [-0.39, 0.29) is 19.1 Å². The van der Waals surface area contributed by atoms with Gasteiger partial charge in [0.25, 0.3) is 0 Å². The number of amides is 1. The molecule has 2 aromatic rings. The Morgan fingerprint density at radius 2 is 2.00 bits per heavy atom. The number of carbonyl (C=O) groups excluding carboxylic acids is 2. The lowest BCUT2D eigenvalue weighted by Crippen LogP contribution is -2.44. The molecule has 0 saturated heterocycles. The van der Waals surface area contributed by atoms with Crippen molar-refractivity contribution in [3.05, 3.63) is 64.7 Å². The van der Waals surface area contributed by atoms with Gasteiger partial charge in [-0.2, -0.15) is 5.26 Å². The van der Waals surface area contributed by atoms with Crippen molar-refractivity contribution in [2.45, 2.75) is 32.9 Å². The number of carbonyl (C=O) groups is 2. The molecular weight excluding hydrogens is 396 g/mol. The Kier molecular flexibility index (Phi) is 7.14. The Bertz CT molecular complexity index is 996. The highest BCUT2D eigenvalue weighted by Crippen LogP contribution is 2.34. The van der Waals surface area contributed by atoms with Gasteiger partial charge in [-0.15, -0.1) is 0 Å². The van der Waals surface area contributed by atoms with Gasteiger partial charge < -0.3 is 14.2 Å². The van der Waals surface area contributed by atoms with E-state index < -0.39 is 18.1 Å². The van der Waals surface area contributed by atoms with E-state index in [0.29, 0.717) is 29.8 Å². The van der Waals surface area contributed by atoms with E-state index >= 15 is 0 Å². The number of hydrogen-bond donors (Lipinski definition) is 0. The molecule has 7 nitrogen and oxygen atoms in total. The predicted molar refractivity (Wildman–Crippen MR) is 113 cm³/mol. The number of methoxy groups -OCH3 is 1. The minimum atomic E-state index is -0.859. The average molecular weight is 422 g/mol. The molecule has 1 atom stereocenters. The Labute approximate surface area is 182 Å². The first kappa shape index (κ1) is 22.2. The van der Waals surface area contributed by atoms with Gasteiger partial charge in [0, 0.05) is 12.1 Å². The van der Waals surface area contributed by atoms with E-state index in [1.54, 1.807) is 18.2 Å². The molecule has 0 radical (unpaired) electrons. The molecule has 0 N–H and O–H groups in total.